The van der Waals surface area contributed by atoms with E-state index >= 15 is 0 Å². The molecule has 5 aliphatic heterocycles. The first kappa shape index (κ1) is 50.0. The molecule has 0 radical (unpaired) electrons. The highest BCUT2D eigenvalue weighted by Crippen LogP contribution is 2.36. The molecule has 5 aliphatic rings. The van der Waals surface area contributed by atoms with Crippen molar-refractivity contribution in [1.29, 1.82) is 0 Å². The first-order chi connectivity index (χ1) is 26.5. The highest BCUT2D eigenvalue weighted by Gasteiger charge is 2.52. The van der Waals surface area contributed by atoms with E-state index < -0.39 is 24.2 Å². The summed E-state index contributed by atoms with van der Waals surface area (Å²) >= 11 is 0. The Balaban J connectivity index is 0.000000219. The minimum Gasteiger partial charge on any atom is -0.437 e. The molecular weight excluding hydrogens is 755 g/mol. The van der Waals surface area contributed by atoms with Gasteiger partial charge in [-0.25, -0.2) is 0 Å². The molecule has 17 nitrogen and oxygen atoms in total. The fourth-order valence-electron chi connectivity index (χ4n) is 7.18. The molecule has 5 N–H and O–H groups in total. The number of rotatable bonds is 8. The fourth-order valence-corrected chi connectivity index (χ4v) is 7.86. The average molecular weight is 824 g/mol. The second-order valence-corrected chi connectivity index (χ2v) is 18.6. The summed E-state index contributed by atoms with van der Waals surface area (Å²) in [6.07, 6.45) is 10.7. The van der Waals surface area contributed by atoms with Crippen molar-refractivity contribution in [2.45, 2.75) is 136 Å². The predicted octanol–water partition coefficient (Wildman–Crippen LogP) is -0.218. The monoisotopic (exact) mass is 825 g/mol. The van der Waals surface area contributed by atoms with Gasteiger partial charge >= 0.3 is 35.3 Å². The molecule has 1 aromatic heterocycles. The maximum absolute atomic E-state index is 10.8. The van der Waals surface area contributed by atoms with Crippen LogP contribution in [-0.2, 0) is 28.4 Å². The molecule has 0 atom stereocenters. The van der Waals surface area contributed by atoms with Gasteiger partial charge in [-0.05, 0) is 146 Å². The van der Waals surface area contributed by atoms with Crippen LogP contribution in [0.4, 0.5) is 0 Å². The van der Waals surface area contributed by atoms with E-state index in [1.54, 1.807) is 20.5 Å². The molecule has 5 saturated heterocycles. The largest absolute Gasteiger partial charge is 0.498 e. The average Bonchev–Trinajstić information content (AvgIpc) is 3.70. The Morgan fingerprint density at radius 2 is 1.11 bits per heavy atom. The molecule has 0 saturated carbocycles. The van der Waals surface area contributed by atoms with Crippen molar-refractivity contribution in [2.75, 3.05) is 58.6 Å². The zero-order valence-corrected chi connectivity index (χ0v) is 36.7. The number of aliphatic hydroxyl groups is 1. The standard InChI is InChI=1S/C15H27B2N3O3.C7H16BNO4S.C6H14BNO2.C6H12BNO2/c1-14(2)15(3,4)23-17(22-14)12-10-18-20(11-12)13-6-8-19(9-7-13)16(5)21;1-8(10)9-5-3-7(4-6-9)13-14(2,11)12;2*1-7(10)8-4-2-6(9)3-5-8/h10-11,13,21H,6-9H2,1-5H3;7,10H,3-6H2,1-2H3;6,9-10H,2-5H2,1H3;10H,2-5H2,1H3. The van der Waals surface area contributed by atoms with Crippen molar-refractivity contribution in [3.05, 3.63) is 12.4 Å². The number of Topliss-reactive ketones (excluding diaryl/α,β-unsaturated/α-hetero) is 1. The normalized spacial score (nSPS) is 23.1. The Morgan fingerprint density at radius 3 is 1.51 bits per heavy atom. The summed E-state index contributed by atoms with van der Waals surface area (Å²) in [6, 6.07) is 0.376. The van der Waals surface area contributed by atoms with Crippen molar-refractivity contribution < 1.29 is 51.9 Å². The molecule has 0 spiro atoms. The molecule has 0 amide bonds. The minimum atomic E-state index is -3.34. The Labute approximate surface area is 343 Å². The minimum absolute atomic E-state index is 0.144. The van der Waals surface area contributed by atoms with Gasteiger partial charge in [0.2, 0.25) is 0 Å². The molecule has 1 aromatic rings. The zero-order valence-electron chi connectivity index (χ0n) is 35.9. The number of carbonyl (C=O) groups is 1. The summed E-state index contributed by atoms with van der Waals surface area (Å²) in [5, 5.41) is 50.7. The van der Waals surface area contributed by atoms with Gasteiger partial charge in [0.05, 0.1) is 35.7 Å². The first-order valence-electron chi connectivity index (χ1n) is 20.6. The van der Waals surface area contributed by atoms with E-state index in [9.17, 15) is 23.3 Å². The van der Waals surface area contributed by atoms with Crippen molar-refractivity contribution in [3.63, 3.8) is 0 Å². The molecule has 23 heteroatoms. The Kier molecular flexibility index (Phi) is 19.7. The number of ketones is 1. The SMILES string of the molecule is CB(O)N1CCC(=O)CC1.CB(O)N1CCC(O)CC1.CB(O)N1CCC(OS(C)(=O)=O)CC1.CB(O)N1CCC(n2cc(B3OC(C)(C)C(C)(C)O3)cn2)CC1. The Hall–Kier alpha value is -1.33. The maximum Gasteiger partial charge on any atom is 0.498 e. The van der Waals surface area contributed by atoms with E-state index in [1.165, 1.54) is 0 Å². The second-order valence-electron chi connectivity index (χ2n) is 17.0. The second kappa shape index (κ2) is 22.5. The molecular formula is C34H69B5N6O11S. The molecule has 6 heterocycles. The number of aromatic nitrogens is 2. The lowest BCUT2D eigenvalue weighted by atomic mass is 9.81. The number of hydrogen-bond donors (Lipinski definition) is 5. The molecule has 5 fully saturated rings. The summed E-state index contributed by atoms with van der Waals surface area (Å²) in [4.78, 5) is 18.6. The number of nitrogens with zero attached hydrogens (tertiary/aromatic N) is 6. The van der Waals surface area contributed by atoms with Crippen LogP contribution < -0.4 is 5.46 Å². The third-order valence-corrected chi connectivity index (χ3v) is 12.4. The van der Waals surface area contributed by atoms with Crippen LogP contribution in [-0.4, -0.2) is 186 Å². The van der Waals surface area contributed by atoms with Crippen LogP contribution in [0.1, 0.15) is 85.1 Å². The lowest BCUT2D eigenvalue weighted by Crippen LogP contribution is -2.45. The molecule has 0 aromatic carbocycles. The van der Waals surface area contributed by atoms with Crippen LogP contribution in [0.3, 0.4) is 0 Å². The summed E-state index contributed by atoms with van der Waals surface area (Å²) in [5.74, 6) is 0.317. The molecule has 6 rings (SSSR count). The van der Waals surface area contributed by atoms with Crippen molar-refractivity contribution in [1.82, 2.24) is 29.0 Å². The number of aliphatic hydroxyl groups excluding tert-OH is 1. The third kappa shape index (κ3) is 16.6. The van der Waals surface area contributed by atoms with Crippen LogP contribution in [0.2, 0.25) is 27.3 Å². The van der Waals surface area contributed by atoms with Crippen molar-refractivity contribution >= 4 is 56.7 Å². The van der Waals surface area contributed by atoms with Gasteiger partial charge in [-0.15, -0.1) is 0 Å². The molecule has 57 heavy (non-hydrogen) atoms. The van der Waals surface area contributed by atoms with Crippen molar-refractivity contribution in [3.8, 4) is 0 Å². The van der Waals surface area contributed by atoms with Crippen LogP contribution in [0.15, 0.2) is 12.4 Å². The van der Waals surface area contributed by atoms with Gasteiger partial charge < -0.3 is 53.8 Å². The van der Waals surface area contributed by atoms with Crippen LogP contribution >= 0.6 is 0 Å². The van der Waals surface area contributed by atoms with Gasteiger partial charge in [0.1, 0.15) is 5.78 Å². The van der Waals surface area contributed by atoms with Gasteiger partial charge in [0.15, 0.2) is 0 Å². The predicted molar refractivity (Wildman–Crippen MR) is 226 cm³/mol. The first-order valence-corrected chi connectivity index (χ1v) is 22.5. The van der Waals surface area contributed by atoms with E-state index in [1.807, 2.05) is 38.3 Å². The summed E-state index contributed by atoms with van der Waals surface area (Å²) < 4.78 is 40.7. The van der Waals surface area contributed by atoms with Gasteiger partial charge in [-0.2, -0.15) is 13.5 Å². The Morgan fingerprint density at radius 1 is 0.719 bits per heavy atom. The molecule has 0 unspecified atom stereocenters. The van der Waals surface area contributed by atoms with E-state index in [0.717, 1.165) is 76.7 Å². The number of piperidine rings is 4. The van der Waals surface area contributed by atoms with E-state index in [2.05, 4.69) is 37.6 Å². The highest BCUT2D eigenvalue weighted by molar-refractivity contribution is 7.86. The van der Waals surface area contributed by atoms with Gasteiger partial charge in [0.25, 0.3) is 10.1 Å². The van der Waals surface area contributed by atoms with Gasteiger partial charge in [-0.3, -0.25) is 13.7 Å². The number of hydrogen-bond acceptors (Lipinski definition) is 16. The maximum atomic E-state index is 10.8. The third-order valence-electron chi connectivity index (χ3n) is 11.8. The molecule has 0 bridgehead atoms. The van der Waals surface area contributed by atoms with E-state index in [-0.39, 0.29) is 44.6 Å². The molecule has 322 valence electrons. The number of carbonyl (C=O) groups excluding carboxylic acids is 1. The van der Waals surface area contributed by atoms with Crippen LogP contribution in [0.5, 0.6) is 0 Å². The lowest BCUT2D eigenvalue weighted by Gasteiger charge is -2.32. The van der Waals surface area contributed by atoms with E-state index in [0.29, 0.717) is 50.6 Å². The van der Waals surface area contributed by atoms with Crippen molar-refractivity contribution in [2.24, 2.45) is 0 Å². The lowest BCUT2D eigenvalue weighted by molar-refractivity contribution is -0.120. The van der Waals surface area contributed by atoms with Gasteiger partial charge in [-0.1, -0.05) is 0 Å². The smallest absolute Gasteiger partial charge is 0.437 e. The molecule has 0 aliphatic carbocycles. The van der Waals surface area contributed by atoms with Crippen LogP contribution in [0, 0.1) is 0 Å². The fraction of sp³-hybridized carbons (Fsp3) is 0.882. The van der Waals surface area contributed by atoms with Gasteiger partial charge in [0, 0.05) is 30.7 Å². The summed E-state index contributed by atoms with van der Waals surface area (Å²) in [7, 11) is -5.28. The van der Waals surface area contributed by atoms with E-state index in [4.69, 9.17) is 28.6 Å². The zero-order chi connectivity index (χ0) is 42.7. The highest BCUT2D eigenvalue weighted by atomic mass is 32.2. The quantitative estimate of drug-likeness (QED) is 0.170. The Bertz CT molecular complexity index is 1430. The summed E-state index contributed by atoms with van der Waals surface area (Å²) in [5.41, 5.74) is 0.312. The topological polar surface area (TPSA) is 211 Å². The summed E-state index contributed by atoms with van der Waals surface area (Å²) in [6.45, 7) is 21.5. The van der Waals surface area contributed by atoms with Crippen LogP contribution in [0.25, 0.3) is 0 Å².